The monoisotopic (exact) mass is 341 g/mol. The maximum atomic E-state index is 4.60. The molecular formula is C18H23N5S. The third-order valence-electron chi connectivity index (χ3n) is 3.79. The van der Waals surface area contributed by atoms with E-state index in [4.69, 9.17) is 0 Å². The van der Waals surface area contributed by atoms with Crippen LogP contribution < -0.4 is 10.6 Å². The first-order chi connectivity index (χ1) is 11.8. The molecule has 2 heterocycles. The molecule has 0 aliphatic carbocycles. The lowest BCUT2D eigenvalue weighted by Gasteiger charge is -2.11. The molecule has 0 fully saturated rings. The molecular weight excluding hydrogens is 318 g/mol. The second-order valence-corrected chi connectivity index (χ2v) is 6.59. The van der Waals surface area contributed by atoms with E-state index < -0.39 is 0 Å². The van der Waals surface area contributed by atoms with Gasteiger partial charge in [0, 0.05) is 31.4 Å². The van der Waals surface area contributed by atoms with Crippen molar-refractivity contribution in [2.45, 2.75) is 19.3 Å². The van der Waals surface area contributed by atoms with Crippen molar-refractivity contribution in [3.05, 3.63) is 52.5 Å². The highest BCUT2D eigenvalue weighted by Gasteiger charge is 2.02. The normalized spacial score (nSPS) is 11.8. The topological polar surface area (TPSA) is 65.1 Å². The highest BCUT2D eigenvalue weighted by molar-refractivity contribution is 7.09. The van der Waals surface area contributed by atoms with Gasteiger partial charge in [-0.05, 0) is 36.4 Å². The van der Waals surface area contributed by atoms with Crippen molar-refractivity contribution >= 4 is 28.3 Å². The third-order valence-corrected chi connectivity index (χ3v) is 4.72. The average molecular weight is 341 g/mol. The number of nitrogens with zero attached hydrogens (tertiary/aromatic N) is 2. The Labute approximate surface area is 146 Å². The quantitative estimate of drug-likeness (QED) is 0.352. The molecule has 0 bridgehead atoms. The molecule has 0 amide bonds. The Morgan fingerprint density at radius 1 is 1.12 bits per heavy atom. The Morgan fingerprint density at radius 3 is 2.79 bits per heavy atom. The number of aromatic nitrogens is 2. The molecule has 0 unspecified atom stereocenters. The van der Waals surface area contributed by atoms with Gasteiger partial charge < -0.3 is 15.6 Å². The van der Waals surface area contributed by atoms with E-state index in [-0.39, 0.29) is 0 Å². The summed E-state index contributed by atoms with van der Waals surface area (Å²) in [6.07, 6.45) is 2.96. The Bertz CT molecular complexity index is 743. The van der Waals surface area contributed by atoms with E-state index in [1.807, 2.05) is 18.2 Å². The van der Waals surface area contributed by atoms with Gasteiger partial charge >= 0.3 is 0 Å². The highest BCUT2D eigenvalue weighted by Crippen LogP contribution is 2.11. The summed E-state index contributed by atoms with van der Waals surface area (Å²) in [6, 6.07) is 12.4. The SMILES string of the molecule is CN=C(NCCCc1nc2ccccc2[nH]1)NCCc1cccs1. The first-order valence-corrected chi connectivity index (χ1v) is 9.13. The van der Waals surface area contributed by atoms with Crippen LogP contribution in [0.5, 0.6) is 0 Å². The van der Waals surface area contributed by atoms with Crippen LogP contribution in [0.15, 0.2) is 46.8 Å². The molecule has 0 saturated heterocycles. The van der Waals surface area contributed by atoms with Crippen molar-refractivity contribution in [2.24, 2.45) is 4.99 Å². The number of hydrogen-bond donors (Lipinski definition) is 3. The fourth-order valence-corrected chi connectivity index (χ4v) is 3.28. The van der Waals surface area contributed by atoms with Crippen LogP contribution >= 0.6 is 11.3 Å². The van der Waals surface area contributed by atoms with Crippen molar-refractivity contribution < 1.29 is 0 Å². The maximum absolute atomic E-state index is 4.60. The van der Waals surface area contributed by atoms with Gasteiger partial charge in [0.1, 0.15) is 5.82 Å². The van der Waals surface area contributed by atoms with Gasteiger partial charge in [-0.15, -0.1) is 11.3 Å². The van der Waals surface area contributed by atoms with E-state index in [2.05, 4.69) is 49.2 Å². The summed E-state index contributed by atoms with van der Waals surface area (Å²) in [4.78, 5) is 13.6. The van der Waals surface area contributed by atoms with Crippen LogP contribution in [0.1, 0.15) is 17.1 Å². The summed E-state index contributed by atoms with van der Waals surface area (Å²) in [7, 11) is 1.81. The summed E-state index contributed by atoms with van der Waals surface area (Å²) in [6.45, 7) is 1.76. The molecule has 0 aliphatic rings. The number of hydrogen-bond acceptors (Lipinski definition) is 3. The van der Waals surface area contributed by atoms with Crippen LogP contribution in [0.4, 0.5) is 0 Å². The molecule has 1 aromatic carbocycles. The maximum Gasteiger partial charge on any atom is 0.190 e. The Balaban J connectivity index is 1.36. The van der Waals surface area contributed by atoms with Crippen molar-refractivity contribution in [1.82, 2.24) is 20.6 Å². The molecule has 0 aliphatic heterocycles. The van der Waals surface area contributed by atoms with E-state index in [0.29, 0.717) is 0 Å². The van der Waals surface area contributed by atoms with E-state index >= 15 is 0 Å². The lowest BCUT2D eigenvalue weighted by Crippen LogP contribution is -2.38. The van der Waals surface area contributed by atoms with Crippen LogP contribution in [0.2, 0.25) is 0 Å². The van der Waals surface area contributed by atoms with Gasteiger partial charge in [-0.1, -0.05) is 18.2 Å². The van der Waals surface area contributed by atoms with Crippen LogP contribution in [0, 0.1) is 0 Å². The van der Waals surface area contributed by atoms with Gasteiger partial charge in [-0.25, -0.2) is 4.98 Å². The first kappa shape index (κ1) is 16.5. The standard InChI is InChI=1S/C18H23N5S/c1-19-18(21-12-10-14-6-5-13-24-14)20-11-4-9-17-22-15-7-2-3-8-16(15)23-17/h2-3,5-8,13H,4,9-12H2,1H3,(H,22,23)(H2,19,20,21). The lowest BCUT2D eigenvalue weighted by atomic mass is 10.3. The molecule has 126 valence electrons. The number of aromatic amines is 1. The van der Waals surface area contributed by atoms with Crippen molar-refractivity contribution in [3.8, 4) is 0 Å². The van der Waals surface area contributed by atoms with Gasteiger partial charge in [-0.3, -0.25) is 4.99 Å². The van der Waals surface area contributed by atoms with Gasteiger partial charge in [0.05, 0.1) is 11.0 Å². The Morgan fingerprint density at radius 2 is 2.00 bits per heavy atom. The number of rotatable bonds is 7. The zero-order chi connectivity index (χ0) is 16.6. The molecule has 0 saturated carbocycles. The number of aliphatic imine (C=N–C) groups is 1. The summed E-state index contributed by atoms with van der Waals surface area (Å²) in [5, 5.41) is 8.82. The molecule has 3 rings (SSSR count). The Hall–Kier alpha value is -2.34. The third kappa shape index (κ3) is 4.58. The van der Waals surface area contributed by atoms with Crippen LogP contribution in [0.3, 0.4) is 0 Å². The summed E-state index contributed by atoms with van der Waals surface area (Å²) < 4.78 is 0. The van der Waals surface area contributed by atoms with E-state index in [1.165, 1.54) is 4.88 Å². The molecule has 3 aromatic rings. The number of H-pyrrole nitrogens is 1. The number of benzene rings is 1. The minimum Gasteiger partial charge on any atom is -0.356 e. The zero-order valence-corrected chi connectivity index (χ0v) is 14.7. The molecule has 24 heavy (non-hydrogen) atoms. The molecule has 0 radical (unpaired) electrons. The lowest BCUT2D eigenvalue weighted by molar-refractivity contribution is 0.725. The molecule has 2 aromatic heterocycles. The number of fused-ring (bicyclic) bond motifs is 1. The smallest absolute Gasteiger partial charge is 0.190 e. The predicted molar refractivity (Wildman–Crippen MR) is 102 cm³/mol. The summed E-state index contributed by atoms with van der Waals surface area (Å²) in [5.74, 6) is 1.90. The molecule has 6 heteroatoms. The van der Waals surface area contributed by atoms with Gasteiger partial charge in [-0.2, -0.15) is 0 Å². The van der Waals surface area contributed by atoms with Crippen LogP contribution in [-0.4, -0.2) is 36.1 Å². The van der Waals surface area contributed by atoms with E-state index in [0.717, 1.165) is 55.2 Å². The molecule has 3 N–H and O–H groups in total. The number of aryl methyl sites for hydroxylation is 1. The van der Waals surface area contributed by atoms with Crippen molar-refractivity contribution in [1.29, 1.82) is 0 Å². The number of guanidine groups is 1. The minimum atomic E-state index is 0.858. The van der Waals surface area contributed by atoms with Gasteiger partial charge in [0.15, 0.2) is 5.96 Å². The average Bonchev–Trinajstić information content (AvgIpc) is 3.25. The van der Waals surface area contributed by atoms with Crippen LogP contribution in [0.25, 0.3) is 11.0 Å². The van der Waals surface area contributed by atoms with Crippen LogP contribution in [-0.2, 0) is 12.8 Å². The van der Waals surface area contributed by atoms with Crippen molar-refractivity contribution in [3.63, 3.8) is 0 Å². The van der Waals surface area contributed by atoms with Gasteiger partial charge in [0.2, 0.25) is 0 Å². The summed E-state index contributed by atoms with van der Waals surface area (Å²) >= 11 is 1.79. The van der Waals surface area contributed by atoms with E-state index in [9.17, 15) is 0 Å². The molecule has 0 spiro atoms. The van der Waals surface area contributed by atoms with Gasteiger partial charge in [0.25, 0.3) is 0 Å². The fraction of sp³-hybridized carbons (Fsp3) is 0.333. The number of thiophene rings is 1. The fourth-order valence-electron chi connectivity index (χ4n) is 2.57. The molecule has 0 atom stereocenters. The Kier molecular flexibility index (Phi) is 5.85. The largest absolute Gasteiger partial charge is 0.356 e. The minimum absolute atomic E-state index is 0.858. The number of imidazole rings is 1. The zero-order valence-electron chi connectivity index (χ0n) is 13.9. The second kappa shape index (κ2) is 8.49. The van der Waals surface area contributed by atoms with Crippen molar-refractivity contribution in [2.75, 3.05) is 20.1 Å². The number of nitrogens with one attached hydrogen (secondary N) is 3. The predicted octanol–water partition coefficient (Wildman–Crippen LogP) is 2.96. The van der Waals surface area contributed by atoms with E-state index in [1.54, 1.807) is 18.4 Å². The summed E-state index contributed by atoms with van der Waals surface area (Å²) in [5.41, 5.74) is 2.14. The molecule has 5 nitrogen and oxygen atoms in total. The highest BCUT2D eigenvalue weighted by atomic mass is 32.1. The second-order valence-electron chi connectivity index (χ2n) is 5.56. The first-order valence-electron chi connectivity index (χ1n) is 8.25. The number of para-hydroxylation sites is 2.